The van der Waals surface area contributed by atoms with Gasteiger partial charge < -0.3 is 20.1 Å². The summed E-state index contributed by atoms with van der Waals surface area (Å²) in [4.78, 5) is 14.1. The molecule has 0 spiro atoms. The van der Waals surface area contributed by atoms with E-state index in [9.17, 15) is 9.90 Å². The second kappa shape index (κ2) is 13.8. The highest BCUT2D eigenvalue weighted by atomic mass is 35.5. The summed E-state index contributed by atoms with van der Waals surface area (Å²) in [6.07, 6.45) is 9.92. The van der Waals surface area contributed by atoms with Crippen molar-refractivity contribution in [2.45, 2.75) is 71.4 Å². The van der Waals surface area contributed by atoms with Crippen molar-refractivity contribution in [2.75, 3.05) is 16.8 Å². The molecule has 0 radical (unpaired) electrons. The Morgan fingerprint density at radius 1 is 0.868 bits per heavy atom. The van der Waals surface area contributed by atoms with Crippen LogP contribution >= 0.6 is 23.2 Å². The number of aromatic carboxylic acids is 1. The number of halogens is 2. The molecule has 1 aliphatic rings. The van der Waals surface area contributed by atoms with Crippen LogP contribution in [0.3, 0.4) is 0 Å². The molecule has 0 saturated heterocycles. The molecule has 3 aromatic carbocycles. The van der Waals surface area contributed by atoms with Crippen LogP contribution in [0.2, 0.25) is 10.0 Å². The number of hydrogen-bond acceptors (Lipinski definition) is 4. The second-order valence-corrected chi connectivity index (χ2v) is 10.7. The van der Waals surface area contributed by atoms with Crippen LogP contribution < -0.4 is 15.0 Å². The van der Waals surface area contributed by atoms with Crippen molar-refractivity contribution in [3.63, 3.8) is 0 Å². The molecular weight excluding hydrogens is 519 g/mol. The Balaban J connectivity index is 1.36. The number of fused-ring (bicyclic) bond motifs is 1. The van der Waals surface area contributed by atoms with Gasteiger partial charge in [0.2, 0.25) is 0 Å². The van der Waals surface area contributed by atoms with Gasteiger partial charge in [-0.05, 0) is 60.0 Å². The molecule has 0 saturated carbocycles. The van der Waals surface area contributed by atoms with Crippen LogP contribution in [0.15, 0.2) is 54.6 Å². The Bertz CT molecular complexity index is 1250. The molecule has 1 aliphatic heterocycles. The third-order valence-corrected chi connectivity index (χ3v) is 7.70. The van der Waals surface area contributed by atoms with Crippen molar-refractivity contribution in [3.8, 4) is 5.75 Å². The smallest absolute Gasteiger partial charge is 0.337 e. The molecule has 5 nitrogen and oxygen atoms in total. The highest BCUT2D eigenvalue weighted by Crippen LogP contribution is 2.34. The first kappa shape index (κ1) is 28.1. The normalized spacial score (nSPS) is 12.4. The summed E-state index contributed by atoms with van der Waals surface area (Å²) in [6, 6.07) is 16.9. The van der Waals surface area contributed by atoms with Gasteiger partial charge in [0, 0.05) is 30.5 Å². The fourth-order valence-electron chi connectivity index (χ4n) is 4.82. The van der Waals surface area contributed by atoms with Gasteiger partial charge in [-0.2, -0.15) is 0 Å². The third kappa shape index (κ3) is 7.58. The highest BCUT2D eigenvalue weighted by Gasteiger charge is 2.21. The van der Waals surface area contributed by atoms with Crippen molar-refractivity contribution in [1.29, 1.82) is 0 Å². The zero-order chi connectivity index (χ0) is 26.9. The van der Waals surface area contributed by atoms with Crippen molar-refractivity contribution >= 4 is 46.2 Å². The van der Waals surface area contributed by atoms with Crippen LogP contribution in [0.4, 0.5) is 17.1 Å². The topological polar surface area (TPSA) is 61.8 Å². The molecule has 0 atom stereocenters. The quantitative estimate of drug-likeness (QED) is 0.194. The van der Waals surface area contributed by atoms with E-state index in [1.54, 1.807) is 18.2 Å². The van der Waals surface area contributed by atoms with Gasteiger partial charge in [-0.15, -0.1) is 0 Å². The second-order valence-electron chi connectivity index (χ2n) is 9.90. The zero-order valence-corrected chi connectivity index (χ0v) is 23.5. The number of carboxylic acids is 1. The van der Waals surface area contributed by atoms with Crippen molar-refractivity contribution in [2.24, 2.45) is 0 Å². The molecule has 202 valence electrons. The van der Waals surface area contributed by atoms with Gasteiger partial charge in [0.05, 0.1) is 27.9 Å². The van der Waals surface area contributed by atoms with Gasteiger partial charge in [-0.1, -0.05) is 81.1 Å². The zero-order valence-electron chi connectivity index (χ0n) is 21.9. The molecule has 4 rings (SSSR count). The Hall–Kier alpha value is -2.89. The summed E-state index contributed by atoms with van der Waals surface area (Å²) in [5.74, 6) is -0.304. The minimum atomic E-state index is -0.978. The number of rotatable bonds is 14. The predicted molar refractivity (Wildman–Crippen MR) is 158 cm³/mol. The van der Waals surface area contributed by atoms with Crippen molar-refractivity contribution in [1.82, 2.24) is 0 Å². The van der Waals surface area contributed by atoms with Crippen molar-refractivity contribution < 1.29 is 14.6 Å². The van der Waals surface area contributed by atoms with Crippen LogP contribution in [0.1, 0.15) is 79.8 Å². The number of benzene rings is 3. The van der Waals surface area contributed by atoms with Crippen LogP contribution in [-0.4, -0.2) is 17.7 Å². The summed E-state index contributed by atoms with van der Waals surface area (Å²) >= 11 is 12.3. The molecule has 0 amide bonds. The van der Waals surface area contributed by atoms with Gasteiger partial charge in [-0.3, -0.25) is 0 Å². The number of nitrogens with zero attached hydrogens (tertiary/aromatic N) is 1. The van der Waals surface area contributed by atoms with E-state index in [2.05, 4.69) is 29.3 Å². The number of carboxylic acid groups (broad SMARTS) is 1. The van der Waals surface area contributed by atoms with E-state index in [-0.39, 0.29) is 5.56 Å². The Morgan fingerprint density at radius 2 is 1.61 bits per heavy atom. The molecular formula is C31H36Cl2N2O3. The fraction of sp³-hybridized carbons (Fsp3) is 0.387. The minimum Gasteiger partial charge on any atom is -0.494 e. The van der Waals surface area contributed by atoms with E-state index in [0.29, 0.717) is 28.1 Å². The highest BCUT2D eigenvalue weighted by molar-refractivity contribution is 6.42. The van der Waals surface area contributed by atoms with Crippen LogP contribution in [0.5, 0.6) is 5.75 Å². The Kier molecular flexibility index (Phi) is 10.2. The molecule has 2 N–H and O–H groups in total. The van der Waals surface area contributed by atoms with Gasteiger partial charge in [0.25, 0.3) is 0 Å². The van der Waals surface area contributed by atoms with E-state index < -0.39 is 5.97 Å². The lowest BCUT2D eigenvalue weighted by molar-refractivity contribution is 0.0698. The standard InChI is InChI=1S/C31H36Cl2N2O3/c1-2-3-4-5-6-7-8-9-16-38-26-13-14-27(31(36)37)30(19-26)34-24-11-10-22-20-35(21-23(22)17-24)25-12-15-28(32)29(33)18-25/h10-15,17-19,34H,2-9,16,20-21H2,1H3,(H,36,37). The van der Waals surface area contributed by atoms with Crippen molar-refractivity contribution in [3.05, 3.63) is 81.3 Å². The largest absolute Gasteiger partial charge is 0.494 e. The molecule has 7 heteroatoms. The lowest BCUT2D eigenvalue weighted by Gasteiger charge is -2.18. The first-order chi connectivity index (χ1) is 18.4. The fourth-order valence-corrected chi connectivity index (χ4v) is 5.11. The monoisotopic (exact) mass is 554 g/mol. The van der Waals surface area contributed by atoms with Crippen LogP contribution in [0, 0.1) is 0 Å². The van der Waals surface area contributed by atoms with Crippen LogP contribution in [0.25, 0.3) is 0 Å². The Labute approximate surface area is 235 Å². The number of nitrogens with one attached hydrogen (secondary N) is 1. The summed E-state index contributed by atoms with van der Waals surface area (Å²) in [5, 5.41) is 14.1. The summed E-state index contributed by atoms with van der Waals surface area (Å²) in [5.41, 5.74) is 4.98. The molecule has 0 fully saturated rings. The summed E-state index contributed by atoms with van der Waals surface area (Å²) < 4.78 is 5.96. The average Bonchev–Trinajstić information content (AvgIpc) is 3.33. The van der Waals surface area contributed by atoms with E-state index >= 15 is 0 Å². The molecule has 0 bridgehead atoms. The van der Waals surface area contributed by atoms with Crippen LogP contribution in [-0.2, 0) is 13.1 Å². The maximum absolute atomic E-state index is 11.9. The maximum Gasteiger partial charge on any atom is 0.337 e. The van der Waals surface area contributed by atoms with E-state index in [0.717, 1.165) is 37.3 Å². The van der Waals surface area contributed by atoms with E-state index in [1.165, 1.54) is 49.7 Å². The Morgan fingerprint density at radius 3 is 2.34 bits per heavy atom. The van der Waals surface area contributed by atoms with Gasteiger partial charge in [0.1, 0.15) is 5.75 Å². The number of unbranched alkanes of at least 4 members (excludes halogenated alkanes) is 7. The molecule has 1 heterocycles. The molecule has 38 heavy (non-hydrogen) atoms. The number of hydrogen-bond donors (Lipinski definition) is 2. The van der Waals surface area contributed by atoms with E-state index in [4.69, 9.17) is 27.9 Å². The SMILES string of the molecule is CCCCCCCCCCOc1ccc(C(=O)O)c(Nc2ccc3c(c2)CN(c2ccc(Cl)c(Cl)c2)C3)c1. The van der Waals surface area contributed by atoms with Gasteiger partial charge in [-0.25, -0.2) is 4.79 Å². The first-order valence-corrected chi connectivity index (χ1v) is 14.3. The molecule has 0 aromatic heterocycles. The third-order valence-electron chi connectivity index (χ3n) is 6.96. The molecule has 0 unspecified atom stereocenters. The predicted octanol–water partition coefficient (Wildman–Crippen LogP) is 9.47. The first-order valence-electron chi connectivity index (χ1n) is 13.5. The minimum absolute atomic E-state index is 0.211. The number of anilines is 3. The molecule has 3 aromatic rings. The van der Waals surface area contributed by atoms with Gasteiger partial charge >= 0.3 is 5.97 Å². The lowest BCUT2D eigenvalue weighted by atomic mass is 10.1. The maximum atomic E-state index is 11.9. The lowest BCUT2D eigenvalue weighted by Crippen LogP contribution is -2.14. The number of carbonyl (C=O) groups is 1. The molecule has 0 aliphatic carbocycles. The van der Waals surface area contributed by atoms with E-state index in [1.807, 2.05) is 24.3 Å². The average molecular weight is 556 g/mol. The van der Waals surface area contributed by atoms with Gasteiger partial charge in [0.15, 0.2) is 0 Å². The summed E-state index contributed by atoms with van der Waals surface area (Å²) in [7, 11) is 0. The number of ether oxygens (including phenoxy) is 1. The summed E-state index contributed by atoms with van der Waals surface area (Å²) in [6.45, 7) is 4.37.